The van der Waals surface area contributed by atoms with Crippen LogP contribution in [0, 0.1) is 0 Å². The van der Waals surface area contributed by atoms with E-state index in [4.69, 9.17) is 21.1 Å². The number of methoxy groups -OCH3 is 1. The topological polar surface area (TPSA) is 18.5 Å². The summed E-state index contributed by atoms with van der Waals surface area (Å²) in [5, 5.41) is 0.0874. The largest absolute Gasteiger partial charge is 0.488 e. The summed E-state index contributed by atoms with van der Waals surface area (Å²) in [7, 11) is 1.68. The fraction of sp³-hybridized carbons (Fsp3) is 0.538. The van der Waals surface area contributed by atoms with Crippen molar-refractivity contribution in [3.8, 4) is 5.75 Å². The van der Waals surface area contributed by atoms with Crippen molar-refractivity contribution in [2.45, 2.75) is 37.4 Å². The highest BCUT2D eigenvalue weighted by molar-refractivity contribution is 6.21. The Kier molecular flexibility index (Phi) is 3.72. The van der Waals surface area contributed by atoms with E-state index in [-0.39, 0.29) is 17.6 Å². The van der Waals surface area contributed by atoms with Gasteiger partial charge in [0.2, 0.25) is 0 Å². The predicted molar refractivity (Wildman–Crippen MR) is 65.3 cm³/mol. The van der Waals surface area contributed by atoms with E-state index in [0.717, 1.165) is 18.6 Å². The van der Waals surface area contributed by atoms with Gasteiger partial charge in [-0.1, -0.05) is 19.1 Å². The fourth-order valence-corrected chi connectivity index (χ4v) is 2.40. The molecule has 2 nitrogen and oxygen atoms in total. The third-order valence-corrected chi connectivity index (χ3v) is 3.47. The van der Waals surface area contributed by atoms with Crippen LogP contribution >= 0.6 is 11.6 Å². The monoisotopic (exact) mass is 240 g/mol. The number of benzene rings is 1. The zero-order valence-electron chi connectivity index (χ0n) is 9.65. The minimum Gasteiger partial charge on any atom is -0.488 e. The summed E-state index contributed by atoms with van der Waals surface area (Å²) in [5.74, 6) is 0.912. The maximum Gasteiger partial charge on any atom is 0.128 e. The molecule has 0 radical (unpaired) electrons. The van der Waals surface area contributed by atoms with Gasteiger partial charge in [0.05, 0.1) is 5.38 Å². The lowest BCUT2D eigenvalue weighted by Gasteiger charge is -2.39. The van der Waals surface area contributed by atoms with Gasteiger partial charge in [-0.15, -0.1) is 11.6 Å². The third-order valence-electron chi connectivity index (χ3n) is 3.05. The van der Waals surface area contributed by atoms with E-state index in [9.17, 15) is 0 Å². The van der Waals surface area contributed by atoms with Crippen LogP contribution in [0.3, 0.4) is 0 Å². The first-order valence-electron chi connectivity index (χ1n) is 5.67. The molecule has 0 amide bonds. The number of ether oxygens (including phenoxy) is 2. The number of hydrogen-bond donors (Lipinski definition) is 0. The summed E-state index contributed by atoms with van der Waals surface area (Å²) in [6, 6.07) is 8.18. The maximum atomic E-state index is 6.03. The molecule has 0 saturated heterocycles. The van der Waals surface area contributed by atoms with Crippen LogP contribution in [0.4, 0.5) is 0 Å². The van der Waals surface area contributed by atoms with Crippen molar-refractivity contribution in [1.82, 2.24) is 0 Å². The van der Waals surface area contributed by atoms with Crippen molar-refractivity contribution in [3.63, 3.8) is 0 Å². The molecule has 1 saturated carbocycles. The van der Waals surface area contributed by atoms with Crippen molar-refractivity contribution in [2.75, 3.05) is 7.11 Å². The van der Waals surface area contributed by atoms with E-state index < -0.39 is 0 Å². The number of halogens is 1. The molecular weight excluding hydrogens is 224 g/mol. The smallest absolute Gasteiger partial charge is 0.128 e. The van der Waals surface area contributed by atoms with Crippen molar-refractivity contribution in [3.05, 3.63) is 29.8 Å². The Morgan fingerprint density at radius 2 is 2.25 bits per heavy atom. The molecule has 3 atom stereocenters. The molecule has 0 N–H and O–H groups in total. The maximum absolute atomic E-state index is 6.03. The molecule has 1 aliphatic rings. The summed E-state index contributed by atoms with van der Waals surface area (Å²) < 4.78 is 11.1. The molecule has 1 fully saturated rings. The molecule has 0 heterocycles. The highest BCUT2D eigenvalue weighted by Crippen LogP contribution is 2.32. The lowest BCUT2D eigenvalue weighted by atomic mass is 9.91. The van der Waals surface area contributed by atoms with Gasteiger partial charge in [0.15, 0.2) is 0 Å². The van der Waals surface area contributed by atoms with Gasteiger partial charge in [0.25, 0.3) is 0 Å². The summed E-state index contributed by atoms with van der Waals surface area (Å²) in [6.07, 6.45) is 2.00. The van der Waals surface area contributed by atoms with Gasteiger partial charge in [-0.2, -0.15) is 0 Å². The highest BCUT2D eigenvalue weighted by Gasteiger charge is 2.42. The van der Waals surface area contributed by atoms with Crippen molar-refractivity contribution < 1.29 is 9.47 Å². The fourth-order valence-electron chi connectivity index (χ4n) is 1.96. The summed E-state index contributed by atoms with van der Waals surface area (Å²) in [6.45, 7) is 2.13. The molecule has 16 heavy (non-hydrogen) atoms. The Balaban J connectivity index is 1.99. The van der Waals surface area contributed by atoms with E-state index in [1.54, 1.807) is 7.11 Å². The van der Waals surface area contributed by atoms with E-state index >= 15 is 0 Å². The molecule has 0 bridgehead atoms. The van der Waals surface area contributed by atoms with Crippen LogP contribution < -0.4 is 4.74 Å². The van der Waals surface area contributed by atoms with E-state index in [2.05, 4.69) is 19.1 Å². The predicted octanol–water partition coefficient (Wildman–Crippen LogP) is 3.02. The number of rotatable bonds is 4. The van der Waals surface area contributed by atoms with E-state index in [1.807, 2.05) is 12.1 Å². The molecular formula is C13H17ClO2. The Morgan fingerprint density at radius 3 is 2.88 bits per heavy atom. The normalized spacial score (nSPS) is 28.6. The van der Waals surface area contributed by atoms with Crippen LogP contribution in [-0.2, 0) is 11.2 Å². The second-order valence-electron chi connectivity index (χ2n) is 4.11. The zero-order chi connectivity index (χ0) is 11.5. The van der Waals surface area contributed by atoms with Crippen LogP contribution in [0.5, 0.6) is 5.75 Å². The third kappa shape index (κ3) is 2.33. The van der Waals surface area contributed by atoms with E-state index in [1.165, 1.54) is 5.56 Å². The van der Waals surface area contributed by atoms with Crippen molar-refractivity contribution in [2.24, 2.45) is 0 Å². The summed E-state index contributed by atoms with van der Waals surface area (Å²) in [4.78, 5) is 0. The lowest BCUT2D eigenvalue weighted by Crippen LogP contribution is -2.52. The minimum absolute atomic E-state index is 0.0203. The van der Waals surface area contributed by atoms with Gasteiger partial charge in [-0.05, 0) is 24.1 Å². The first-order chi connectivity index (χ1) is 7.74. The van der Waals surface area contributed by atoms with Crippen LogP contribution in [0.25, 0.3) is 0 Å². The van der Waals surface area contributed by atoms with Crippen LogP contribution in [0.2, 0.25) is 0 Å². The molecule has 0 aromatic heterocycles. The van der Waals surface area contributed by atoms with Crippen LogP contribution in [-0.4, -0.2) is 24.7 Å². The van der Waals surface area contributed by atoms with Crippen molar-refractivity contribution in [1.29, 1.82) is 0 Å². The SMILES string of the molecule is CCc1cccc(OC2CC(Cl)C2OC)c1. The zero-order valence-corrected chi connectivity index (χ0v) is 10.4. The average molecular weight is 241 g/mol. The Morgan fingerprint density at radius 1 is 1.44 bits per heavy atom. The first kappa shape index (κ1) is 11.7. The molecule has 0 spiro atoms. The Hall–Kier alpha value is -0.730. The highest BCUT2D eigenvalue weighted by atomic mass is 35.5. The second-order valence-corrected chi connectivity index (χ2v) is 4.67. The Bertz CT molecular complexity index is 354. The molecule has 88 valence electrons. The average Bonchev–Trinajstić information content (AvgIpc) is 2.29. The standard InChI is InChI=1S/C13H17ClO2/c1-3-9-5-4-6-10(7-9)16-12-8-11(14)13(12)15-2/h4-7,11-13H,3,8H2,1-2H3. The summed E-state index contributed by atoms with van der Waals surface area (Å²) in [5.41, 5.74) is 1.29. The minimum atomic E-state index is 0.0203. The number of hydrogen-bond acceptors (Lipinski definition) is 2. The Labute approximate surface area is 102 Å². The lowest BCUT2D eigenvalue weighted by molar-refractivity contribution is -0.0583. The molecule has 1 aromatic carbocycles. The molecule has 0 aliphatic heterocycles. The van der Waals surface area contributed by atoms with Gasteiger partial charge in [0, 0.05) is 13.5 Å². The van der Waals surface area contributed by atoms with Gasteiger partial charge in [-0.25, -0.2) is 0 Å². The molecule has 1 aromatic rings. The van der Waals surface area contributed by atoms with Gasteiger partial charge >= 0.3 is 0 Å². The van der Waals surface area contributed by atoms with Gasteiger partial charge in [-0.3, -0.25) is 0 Å². The number of alkyl halides is 1. The molecule has 3 unspecified atom stereocenters. The van der Waals surface area contributed by atoms with Crippen LogP contribution in [0.15, 0.2) is 24.3 Å². The molecule has 2 rings (SSSR count). The van der Waals surface area contributed by atoms with Crippen LogP contribution in [0.1, 0.15) is 18.9 Å². The quantitative estimate of drug-likeness (QED) is 0.754. The van der Waals surface area contributed by atoms with Gasteiger partial charge in [0.1, 0.15) is 18.0 Å². The van der Waals surface area contributed by atoms with Gasteiger partial charge < -0.3 is 9.47 Å². The first-order valence-corrected chi connectivity index (χ1v) is 6.10. The number of aryl methyl sites for hydroxylation is 1. The second kappa shape index (κ2) is 5.07. The van der Waals surface area contributed by atoms with E-state index in [0.29, 0.717) is 0 Å². The van der Waals surface area contributed by atoms with Crippen molar-refractivity contribution >= 4 is 11.6 Å². The molecule has 3 heteroatoms. The summed E-state index contributed by atoms with van der Waals surface area (Å²) >= 11 is 6.03. The molecule has 1 aliphatic carbocycles.